The van der Waals surface area contributed by atoms with Crippen LogP contribution in [0.5, 0.6) is 17.2 Å². The smallest absolute Gasteiger partial charge is 0.231 e. The fraction of sp³-hybridized carbons (Fsp3) is 0.538. The Hall–Kier alpha value is -1.42. The molecule has 0 radical (unpaired) electrons. The van der Waals surface area contributed by atoms with Gasteiger partial charge in [0, 0.05) is 6.07 Å². The van der Waals surface area contributed by atoms with Gasteiger partial charge in [-0.25, -0.2) is 0 Å². The van der Waals surface area contributed by atoms with Crippen molar-refractivity contribution in [2.24, 2.45) is 0 Å². The first-order valence-electron chi connectivity index (χ1n) is 6.00. The molecule has 1 aliphatic carbocycles. The molecule has 0 unspecified atom stereocenters. The number of rotatable bonds is 3. The van der Waals surface area contributed by atoms with Crippen molar-refractivity contribution >= 4 is 0 Å². The molecule has 1 aromatic carbocycles. The first-order valence-corrected chi connectivity index (χ1v) is 6.00. The average molecular weight is 236 g/mol. The minimum atomic E-state index is -0.642. The van der Waals surface area contributed by atoms with Crippen LogP contribution in [0.15, 0.2) is 18.2 Å². The quantitative estimate of drug-likeness (QED) is 0.873. The van der Waals surface area contributed by atoms with Crippen LogP contribution in [0.25, 0.3) is 0 Å². The molecule has 1 fully saturated rings. The van der Waals surface area contributed by atoms with Gasteiger partial charge in [0.25, 0.3) is 0 Å². The summed E-state index contributed by atoms with van der Waals surface area (Å²) in [5.41, 5.74) is -0.642. The molecule has 17 heavy (non-hydrogen) atoms. The summed E-state index contributed by atoms with van der Waals surface area (Å²) in [5.74, 6) is 2.17. The minimum Gasteiger partial charge on any atom is -0.490 e. The fourth-order valence-electron chi connectivity index (χ4n) is 2.36. The van der Waals surface area contributed by atoms with Gasteiger partial charge in [-0.1, -0.05) is 12.8 Å². The van der Waals surface area contributed by atoms with E-state index in [1.807, 2.05) is 12.1 Å². The molecule has 0 bridgehead atoms. The number of fused-ring (bicyclic) bond motifs is 1. The molecule has 0 saturated heterocycles. The van der Waals surface area contributed by atoms with Crippen molar-refractivity contribution < 1.29 is 19.3 Å². The van der Waals surface area contributed by atoms with E-state index in [2.05, 4.69) is 0 Å². The third-order valence-corrected chi connectivity index (χ3v) is 3.39. The second kappa shape index (κ2) is 4.11. The van der Waals surface area contributed by atoms with E-state index in [1.54, 1.807) is 6.07 Å². The van der Waals surface area contributed by atoms with Gasteiger partial charge in [0.15, 0.2) is 11.5 Å². The molecule has 4 heteroatoms. The maximum atomic E-state index is 10.2. The highest BCUT2D eigenvalue weighted by atomic mass is 16.7. The summed E-state index contributed by atoms with van der Waals surface area (Å²) in [6, 6.07) is 5.48. The van der Waals surface area contributed by atoms with Gasteiger partial charge in [-0.15, -0.1) is 0 Å². The summed E-state index contributed by atoms with van der Waals surface area (Å²) in [5, 5.41) is 10.2. The minimum absolute atomic E-state index is 0.267. The van der Waals surface area contributed by atoms with Gasteiger partial charge < -0.3 is 19.3 Å². The second-order valence-electron chi connectivity index (χ2n) is 4.74. The van der Waals surface area contributed by atoms with Crippen LogP contribution in [0.2, 0.25) is 0 Å². The molecule has 1 saturated carbocycles. The van der Waals surface area contributed by atoms with Crippen molar-refractivity contribution in [2.45, 2.75) is 31.3 Å². The molecule has 1 heterocycles. The molecular weight excluding hydrogens is 220 g/mol. The Bertz CT molecular complexity index is 410. The summed E-state index contributed by atoms with van der Waals surface area (Å²) in [6.45, 7) is 0.620. The third kappa shape index (κ3) is 2.17. The lowest BCUT2D eigenvalue weighted by Gasteiger charge is -2.22. The van der Waals surface area contributed by atoms with Crippen LogP contribution in [-0.4, -0.2) is 24.1 Å². The molecule has 1 aliphatic heterocycles. The van der Waals surface area contributed by atoms with Crippen LogP contribution in [0.1, 0.15) is 25.7 Å². The first-order chi connectivity index (χ1) is 8.25. The zero-order valence-electron chi connectivity index (χ0n) is 9.65. The lowest BCUT2D eigenvalue weighted by Crippen LogP contribution is -2.32. The average Bonchev–Trinajstić information content (AvgIpc) is 2.95. The zero-order chi connectivity index (χ0) is 11.7. The molecule has 4 nitrogen and oxygen atoms in total. The number of ether oxygens (including phenoxy) is 3. The Kier molecular flexibility index (Phi) is 2.59. The Labute approximate surface area is 100 Å². The van der Waals surface area contributed by atoms with Gasteiger partial charge in [-0.3, -0.25) is 0 Å². The lowest BCUT2D eigenvalue weighted by atomic mass is 10.0. The van der Waals surface area contributed by atoms with Gasteiger partial charge in [0.2, 0.25) is 6.79 Å². The third-order valence-electron chi connectivity index (χ3n) is 3.39. The first kappa shape index (κ1) is 10.7. The number of aliphatic hydroxyl groups is 1. The van der Waals surface area contributed by atoms with Crippen LogP contribution < -0.4 is 14.2 Å². The van der Waals surface area contributed by atoms with Crippen molar-refractivity contribution in [3.8, 4) is 17.2 Å². The molecule has 3 rings (SSSR count). The second-order valence-corrected chi connectivity index (χ2v) is 4.74. The maximum absolute atomic E-state index is 10.2. The predicted octanol–water partition coefficient (Wildman–Crippen LogP) is 2.10. The molecule has 1 aromatic rings. The molecule has 92 valence electrons. The van der Waals surface area contributed by atoms with E-state index in [-0.39, 0.29) is 6.79 Å². The molecule has 0 spiro atoms. The van der Waals surface area contributed by atoms with Crippen LogP contribution in [0.3, 0.4) is 0 Å². The maximum Gasteiger partial charge on any atom is 0.231 e. The van der Waals surface area contributed by atoms with E-state index in [0.717, 1.165) is 37.2 Å². The predicted molar refractivity (Wildman–Crippen MR) is 61.5 cm³/mol. The highest BCUT2D eigenvalue weighted by Crippen LogP contribution is 2.36. The molecule has 0 aromatic heterocycles. The van der Waals surface area contributed by atoms with Crippen LogP contribution in [0.4, 0.5) is 0 Å². The summed E-state index contributed by atoms with van der Waals surface area (Å²) >= 11 is 0. The van der Waals surface area contributed by atoms with Crippen molar-refractivity contribution in [3.63, 3.8) is 0 Å². The van der Waals surface area contributed by atoms with E-state index >= 15 is 0 Å². The van der Waals surface area contributed by atoms with Gasteiger partial charge in [-0.05, 0) is 25.0 Å². The van der Waals surface area contributed by atoms with E-state index < -0.39 is 5.60 Å². The van der Waals surface area contributed by atoms with Crippen molar-refractivity contribution in [3.05, 3.63) is 18.2 Å². The summed E-state index contributed by atoms with van der Waals surface area (Å²) < 4.78 is 16.1. The Balaban J connectivity index is 1.65. The molecule has 2 aliphatic rings. The summed E-state index contributed by atoms with van der Waals surface area (Å²) in [4.78, 5) is 0. The largest absolute Gasteiger partial charge is 0.490 e. The SMILES string of the molecule is OC1(COc2ccc3c(c2)OCO3)CCCC1. The van der Waals surface area contributed by atoms with E-state index in [9.17, 15) is 5.11 Å². The fourth-order valence-corrected chi connectivity index (χ4v) is 2.36. The van der Waals surface area contributed by atoms with E-state index in [4.69, 9.17) is 14.2 Å². The van der Waals surface area contributed by atoms with Gasteiger partial charge in [0.1, 0.15) is 12.4 Å². The topological polar surface area (TPSA) is 47.9 Å². The van der Waals surface area contributed by atoms with Crippen LogP contribution in [0, 0.1) is 0 Å². The van der Waals surface area contributed by atoms with Crippen LogP contribution >= 0.6 is 0 Å². The standard InChI is InChI=1S/C13H16O4/c14-13(5-1-2-6-13)8-15-10-3-4-11-12(7-10)17-9-16-11/h3-4,7,14H,1-2,5-6,8-9H2. The molecular formula is C13H16O4. The summed E-state index contributed by atoms with van der Waals surface area (Å²) in [6.07, 6.45) is 3.83. The zero-order valence-corrected chi connectivity index (χ0v) is 9.65. The highest BCUT2D eigenvalue weighted by molar-refractivity contribution is 5.46. The number of hydrogen-bond acceptors (Lipinski definition) is 4. The van der Waals surface area contributed by atoms with Gasteiger partial charge in [0.05, 0.1) is 5.60 Å². The van der Waals surface area contributed by atoms with Crippen molar-refractivity contribution in [1.29, 1.82) is 0 Å². The van der Waals surface area contributed by atoms with Crippen molar-refractivity contribution in [1.82, 2.24) is 0 Å². The molecule has 0 amide bonds. The molecule has 0 atom stereocenters. The van der Waals surface area contributed by atoms with Crippen LogP contribution in [-0.2, 0) is 0 Å². The Morgan fingerprint density at radius 3 is 2.76 bits per heavy atom. The lowest BCUT2D eigenvalue weighted by molar-refractivity contribution is 0.00136. The molecule has 1 N–H and O–H groups in total. The number of benzene rings is 1. The normalized spacial score (nSPS) is 20.5. The Morgan fingerprint density at radius 2 is 1.94 bits per heavy atom. The van der Waals surface area contributed by atoms with E-state index in [0.29, 0.717) is 12.4 Å². The highest BCUT2D eigenvalue weighted by Gasteiger charge is 2.32. The monoisotopic (exact) mass is 236 g/mol. The number of hydrogen-bond donors (Lipinski definition) is 1. The van der Waals surface area contributed by atoms with Crippen molar-refractivity contribution in [2.75, 3.05) is 13.4 Å². The van der Waals surface area contributed by atoms with E-state index in [1.165, 1.54) is 0 Å². The summed E-state index contributed by atoms with van der Waals surface area (Å²) in [7, 11) is 0. The Morgan fingerprint density at radius 1 is 1.18 bits per heavy atom. The van der Waals surface area contributed by atoms with Gasteiger partial charge >= 0.3 is 0 Å². The van der Waals surface area contributed by atoms with Gasteiger partial charge in [-0.2, -0.15) is 0 Å².